The van der Waals surface area contributed by atoms with Crippen molar-refractivity contribution in [2.75, 3.05) is 6.61 Å². The van der Waals surface area contributed by atoms with Crippen LogP contribution in [-0.2, 0) is 16.1 Å². The summed E-state index contributed by atoms with van der Waals surface area (Å²) in [5, 5.41) is 9.11. The maximum atomic E-state index is 11.6. The number of benzene rings is 2. The SMILES string of the molecule is N#Cc1ccc(COC(=O)COc2ccc(Br)cc2Cl)cc1. The van der Waals surface area contributed by atoms with E-state index < -0.39 is 5.97 Å². The second kappa shape index (κ2) is 7.83. The summed E-state index contributed by atoms with van der Waals surface area (Å²) in [6.07, 6.45) is 0. The molecule has 0 spiro atoms. The smallest absolute Gasteiger partial charge is 0.344 e. The Kier molecular flexibility index (Phi) is 5.82. The van der Waals surface area contributed by atoms with Gasteiger partial charge in [0.25, 0.3) is 0 Å². The minimum Gasteiger partial charge on any atom is -0.480 e. The summed E-state index contributed by atoms with van der Waals surface area (Å²) < 4.78 is 11.2. The number of ether oxygens (including phenoxy) is 2. The first-order valence-electron chi connectivity index (χ1n) is 6.31. The first-order chi connectivity index (χ1) is 10.6. The zero-order chi connectivity index (χ0) is 15.9. The zero-order valence-electron chi connectivity index (χ0n) is 11.4. The summed E-state index contributed by atoms with van der Waals surface area (Å²) in [6, 6.07) is 13.9. The fourth-order valence-corrected chi connectivity index (χ4v) is 2.34. The number of halogens is 2. The Morgan fingerprint density at radius 2 is 1.95 bits per heavy atom. The molecule has 2 aromatic carbocycles. The number of carbonyl (C=O) groups excluding carboxylic acids is 1. The third-order valence-corrected chi connectivity index (χ3v) is 3.51. The maximum absolute atomic E-state index is 11.6. The molecule has 6 heteroatoms. The van der Waals surface area contributed by atoms with Crippen LogP contribution >= 0.6 is 27.5 Å². The first-order valence-corrected chi connectivity index (χ1v) is 7.48. The Hall–Kier alpha value is -2.03. The lowest BCUT2D eigenvalue weighted by Crippen LogP contribution is -2.14. The van der Waals surface area contributed by atoms with Gasteiger partial charge < -0.3 is 9.47 Å². The molecule has 0 fully saturated rings. The van der Waals surface area contributed by atoms with Crippen LogP contribution in [0.4, 0.5) is 0 Å². The van der Waals surface area contributed by atoms with Crippen LogP contribution in [0.15, 0.2) is 46.9 Å². The third kappa shape index (κ3) is 4.76. The van der Waals surface area contributed by atoms with Crippen LogP contribution in [0, 0.1) is 11.3 Å². The van der Waals surface area contributed by atoms with Gasteiger partial charge >= 0.3 is 5.97 Å². The molecule has 0 saturated carbocycles. The van der Waals surface area contributed by atoms with Gasteiger partial charge in [-0.25, -0.2) is 4.79 Å². The van der Waals surface area contributed by atoms with Gasteiger partial charge in [-0.1, -0.05) is 39.7 Å². The van der Waals surface area contributed by atoms with Gasteiger partial charge in [0.15, 0.2) is 6.61 Å². The number of nitrogens with zero attached hydrogens (tertiary/aromatic N) is 1. The highest BCUT2D eigenvalue weighted by atomic mass is 79.9. The lowest BCUT2D eigenvalue weighted by Gasteiger charge is -2.08. The predicted molar refractivity (Wildman–Crippen MR) is 85.6 cm³/mol. The van der Waals surface area contributed by atoms with Crippen LogP contribution in [-0.4, -0.2) is 12.6 Å². The van der Waals surface area contributed by atoms with Crippen LogP contribution in [0.2, 0.25) is 5.02 Å². The molecular weight excluding hydrogens is 370 g/mol. The van der Waals surface area contributed by atoms with E-state index in [4.69, 9.17) is 26.3 Å². The minimum atomic E-state index is -0.497. The second-order valence-electron chi connectivity index (χ2n) is 4.33. The summed E-state index contributed by atoms with van der Waals surface area (Å²) in [5.41, 5.74) is 1.36. The quantitative estimate of drug-likeness (QED) is 0.733. The molecule has 0 atom stereocenters. The van der Waals surface area contributed by atoms with Gasteiger partial charge in [-0.2, -0.15) is 5.26 Å². The molecule has 0 aromatic heterocycles. The summed E-state index contributed by atoms with van der Waals surface area (Å²) in [7, 11) is 0. The average molecular weight is 381 g/mol. The van der Waals surface area contributed by atoms with E-state index in [-0.39, 0.29) is 13.2 Å². The van der Waals surface area contributed by atoms with E-state index in [2.05, 4.69) is 15.9 Å². The van der Waals surface area contributed by atoms with Gasteiger partial charge in [-0.05, 0) is 35.9 Å². The van der Waals surface area contributed by atoms with Crippen LogP contribution in [0.3, 0.4) is 0 Å². The fourth-order valence-electron chi connectivity index (χ4n) is 1.61. The standard InChI is InChI=1S/C16H11BrClNO3/c17-13-5-6-15(14(18)7-13)21-10-16(20)22-9-12-3-1-11(8-19)2-4-12/h1-7H,9-10H2. The molecule has 22 heavy (non-hydrogen) atoms. The Morgan fingerprint density at radius 3 is 2.59 bits per heavy atom. The van der Waals surface area contributed by atoms with Crippen molar-refractivity contribution in [2.45, 2.75) is 6.61 Å². The topological polar surface area (TPSA) is 59.3 Å². The number of carbonyl (C=O) groups is 1. The van der Waals surface area contributed by atoms with E-state index in [1.165, 1.54) is 0 Å². The lowest BCUT2D eigenvalue weighted by molar-refractivity contribution is -0.147. The van der Waals surface area contributed by atoms with Crippen LogP contribution in [0.25, 0.3) is 0 Å². The Balaban J connectivity index is 1.81. The number of esters is 1. The molecule has 0 aliphatic rings. The van der Waals surface area contributed by atoms with E-state index >= 15 is 0 Å². The molecule has 2 rings (SSSR count). The van der Waals surface area contributed by atoms with Crippen molar-refractivity contribution in [3.63, 3.8) is 0 Å². The van der Waals surface area contributed by atoms with Crippen molar-refractivity contribution in [1.82, 2.24) is 0 Å². The third-order valence-electron chi connectivity index (χ3n) is 2.72. The average Bonchev–Trinajstić information content (AvgIpc) is 2.52. The highest BCUT2D eigenvalue weighted by molar-refractivity contribution is 9.10. The van der Waals surface area contributed by atoms with E-state index in [1.807, 2.05) is 6.07 Å². The number of rotatable bonds is 5. The molecular formula is C16H11BrClNO3. The highest BCUT2D eigenvalue weighted by Crippen LogP contribution is 2.27. The van der Waals surface area contributed by atoms with Crippen molar-refractivity contribution < 1.29 is 14.3 Å². The molecule has 0 bridgehead atoms. The molecule has 0 N–H and O–H groups in total. The minimum absolute atomic E-state index is 0.127. The fraction of sp³-hybridized carbons (Fsp3) is 0.125. The van der Waals surface area contributed by atoms with Crippen LogP contribution in [0.5, 0.6) is 5.75 Å². The van der Waals surface area contributed by atoms with Crippen LogP contribution in [0.1, 0.15) is 11.1 Å². The van der Waals surface area contributed by atoms with Crippen LogP contribution < -0.4 is 4.74 Å². The number of nitriles is 1. The molecule has 4 nitrogen and oxygen atoms in total. The van der Waals surface area contributed by atoms with Crippen molar-refractivity contribution in [3.05, 3.63) is 63.1 Å². The molecule has 0 unspecified atom stereocenters. The van der Waals surface area contributed by atoms with Crippen molar-refractivity contribution in [3.8, 4) is 11.8 Å². The molecule has 0 amide bonds. The van der Waals surface area contributed by atoms with E-state index in [9.17, 15) is 4.79 Å². The molecule has 0 aliphatic heterocycles. The summed E-state index contributed by atoms with van der Waals surface area (Å²) >= 11 is 9.27. The van der Waals surface area contributed by atoms with Gasteiger partial charge in [-0.15, -0.1) is 0 Å². The first kappa shape index (κ1) is 16.3. The van der Waals surface area contributed by atoms with Crippen molar-refractivity contribution in [1.29, 1.82) is 5.26 Å². The Labute approximate surface area is 141 Å². The summed E-state index contributed by atoms with van der Waals surface area (Å²) in [5.74, 6) is -0.0801. The number of hydrogen-bond acceptors (Lipinski definition) is 4. The summed E-state index contributed by atoms with van der Waals surface area (Å²) in [6.45, 7) is -0.0976. The highest BCUT2D eigenvalue weighted by Gasteiger charge is 2.08. The zero-order valence-corrected chi connectivity index (χ0v) is 13.7. The second-order valence-corrected chi connectivity index (χ2v) is 5.66. The molecule has 0 saturated heterocycles. The van der Waals surface area contributed by atoms with Gasteiger partial charge in [0.1, 0.15) is 12.4 Å². The van der Waals surface area contributed by atoms with Crippen molar-refractivity contribution >= 4 is 33.5 Å². The molecule has 0 radical (unpaired) electrons. The Morgan fingerprint density at radius 1 is 1.23 bits per heavy atom. The van der Waals surface area contributed by atoms with Gasteiger partial charge in [-0.3, -0.25) is 0 Å². The summed E-state index contributed by atoms with van der Waals surface area (Å²) in [4.78, 5) is 11.6. The van der Waals surface area contributed by atoms with Gasteiger partial charge in [0, 0.05) is 4.47 Å². The van der Waals surface area contributed by atoms with E-state index in [1.54, 1.807) is 42.5 Å². The van der Waals surface area contributed by atoms with Crippen molar-refractivity contribution in [2.24, 2.45) is 0 Å². The monoisotopic (exact) mass is 379 g/mol. The number of hydrogen-bond donors (Lipinski definition) is 0. The molecule has 2 aromatic rings. The molecule has 112 valence electrons. The predicted octanol–water partition coefficient (Wildman–Crippen LogP) is 4.10. The van der Waals surface area contributed by atoms with Gasteiger partial charge in [0.05, 0.1) is 16.7 Å². The lowest BCUT2D eigenvalue weighted by atomic mass is 10.2. The maximum Gasteiger partial charge on any atom is 0.344 e. The largest absolute Gasteiger partial charge is 0.480 e. The van der Waals surface area contributed by atoms with E-state index in [0.717, 1.165) is 10.0 Å². The normalized spacial score (nSPS) is 9.86. The Bertz CT molecular complexity index is 710. The molecule has 0 aliphatic carbocycles. The van der Waals surface area contributed by atoms with Gasteiger partial charge in [0.2, 0.25) is 0 Å². The van der Waals surface area contributed by atoms with E-state index in [0.29, 0.717) is 16.3 Å². The molecule has 0 heterocycles.